The van der Waals surface area contributed by atoms with Crippen LogP contribution in [0, 0.1) is 0 Å². The number of hydrogen-bond donors (Lipinski definition) is 2. The molecule has 0 spiro atoms. The highest BCUT2D eigenvalue weighted by molar-refractivity contribution is 7.80. The van der Waals surface area contributed by atoms with Gasteiger partial charge < -0.3 is 10.2 Å². The van der Waals surface area contributed by atoms with Crippen LogP contribution in [0.2, 0.25) is 0 Å². The molecule has 2 aliphatic rings. The van der Waals surface area contributed by atoms with Crippen LogP contribution in [0.4, 0.5) is 11.4 Å². The first-order valence-electron chi connectivity index (χ1n) is 8.85. The van der Waals surface area contributed by atoms with E-state index in [1.807, 2.05) is 24.3 Å². The van der Waals surface area contributed by atoms with E-state index < -0.39 is 17.2 Å². The second kappa shape index (κ2) is 5.72. The van der Waals surface area contributed by atoms with E-state index in [1.165, 1.54) is 9.80 Å². The van der Waals surface area contributed by atoms with Gasteiger partial charge in [0.05, 0.1) is 0 Å². The summed E-state index contributed by atoms with van der Waals surface area (Å²) < 4.78 is 0. The normalized spacial score (nSPS) is 25.8. The Hall–Kier alpha value is -3.06. The lowest BCUT2D eigenvalue weighted by Gasteiger charge is -2.37. The Morgan fingerprint density at radius 3 is 1.71 bits per heavy atom. The zero-order valence-corrected chi connectivity index (χ0v) is 15.5. The highest BCUT2D eigenvalue weighted by Gasteiger charge is 2.75. The summed E-state index contributed by atoms with van der Waals surface area (Å²) in [6.45, 7) is 0. The molecule has 0 aromatic heterocycles. The molecule has 5 rings (SSSR count). The van der Waals surface area contributed by atoms with E-state index >= 15 is 0 Å². The molecule has 1 fully saturated rings. The Kier molecular flexibility index (Phi) is 3.49. The fourth-order valence-corrected chi connectivity index (χ4v) is 4.65. The van der Waals surface area contributed by atoms with E-state index in [0.717, 1.165) is 0 Å². The van der Waals surface area contributed by atoms with Gasteiger partial charge in [-0.25, -0.2) is 0 Å². The first kappa shape index (κ1) is 17.1. The number of ketones is 1. The van der Waals surface area contributed by atoms with E-state index in [1.54, 1.807) is 60.7 Å². The summed E-state index contributed by atoms with van der Waals surface area (Å²) in [6.07, 6.45) is 0. The number of hydrogen-bond acceptors (Lipinski definition) is 4. The molecule has 1 heterocycles. The van der Waals surface area contributed by atoms with Crippen LogP contribution in [0.25, 0.3) is 0 Å². The van der Waals surface area contributed by atoms with Gasteiger partial charge in [-0.3, -0.25) is 14.6 Å². The van der Waals surface area contributed by atoms with Gasteiger partial charge >= 0.3 is 0 Å². The minimum atomic E-state index is -2.29. The number of para-hydroxylation sites is 2. The van der Waals surface area contributed by atoms with Crippen molar-refractivity contribution in [3.63, 3.8) is 0 Å². The number of nitrogens with zero attached hydrogens (tertiary/aromatic N) is 2. The molecule has 3 aromatic rings. The minimum Gasteiger partial charge on any atom is -0.362 e. The van der Waals surface area contributed by atoms with Crippen LogP contribution in [0.5, 0.6) is 0 Å². The Labute approximate surface area is 167 Å². The van der Waals surface area contributed by atoms with Gasteiger partial charge in [0.25, 0.3) is 5.72 Å². The van der Waals surface area contributed by atoms with Crippen LogP contribution in [-0.4, -0.2) is 26.8 Å². The summed E-state index contributed by atoms with van der Waals surface area (Å²) in [7, 11) is 0. The number of thiocarbonyl (C=S) groups is 1. The Bertz CT molecular complexity index is 1110. The number of fused-ring (bicyclic) bond motifs is 3. The molecule has 2 N–H and O–H groups in total. The third-order valence-electron chi connectivity index (χ3n) is 5.41. The number of carbonyl (C=O) groups excluding carboxylic acids is 1. The van der Waals surface area contributed by atoms with Crippen molar-refractivity contribution in [2.75, 3.05) is 9.80 Å². The zero-order chi connectivity index (χ0) is 19.5. The first-order valence-corrected chi connectivity index (χ1v) is 9.25. The quantitative estimate of drug-likeness (QED) is 0.658. The molecule has 0 bridgehead atoms. The van der Waals surface area contributed by atoms with Crippen LogP contribution in [0.3, 0.4) is 0 Å². The van der Waals surface area contributed by atoms with Crippen LogP contribution in [-0.2, 0) is 5.72 Å². The molecule has 0 radical (unpaired) electrons. The molecular formula is C22H16N2O3S. The van der Waals surface area contributed by atoms with Crippen molar-refractivity contribution in [2.24, 2.45) is 0 Å². The number of benzene rings is 3. The number of Topliss-reactive ketones (excluding diaryl/α,β-unsaturated/α-hetero) is 1. The second-order valence-corrected chi connectivity index (χ2v) is 7.21. The van der Waals surface area contributed by atoms with Crippen molar-refractivity contribution < 1.29 is 15.0 Å². The van der Waals surface area contributed by atoms with E-state index in [9.17, 15) is 15.0 Å². The maximum Gasteiger partial charge on any atom is 0.263 e. The van der Waals surface area contributed by atoms with E-state index in [0.29, 0.717) is 16.9 Å². The predicted octanol–water partition coefficient (Wildman–Crippen LogP) is 3.03. The van der Waals surface area contributed by atoms with Gasteiger partial charge in [0.2, 0.25) is 11.5 Å². The maximum absolute atomic E-state index is 13.4. The maximum atomic E-state index is 13.4. The molecule has 0 amide bonds. The Balaban J connectivity index is 1.84. The molecule has 138 valence electrons. The topological polar surface area (TPSA) is 64.0 Å². The summed E-state index contributed by atoms with van der Waals surface area (Å²) >= 11 is 5.69. The standard InChI is InChI=1S/C22H16N2O3S/c25-19-17-13-7-8-14-18(17)21(26)22(19,27)24(16-11-5-2-6-12-16)20(28)23(21)15-9-3-1-4-10-15/h1-14,26-27H/t21-,22+/m1/s1. The van der Waals surface area contributed by atoms with Crippen molar-refractivity contribution in [3.05, 3.63) is 96.1 Å². The third kappa shape index (κ3) is 1.87. The van der Waals surface area contributed by atoms with Gasteiger partial charge in [-0.15, -0.1) is 0 Å². The molecular weight excluding hydrogens is 372 g/mol. The third-order valence-corrected chi connectivity index (χ3v) is 5.77. The molecule has 28 heavy (non-hydrogen) atoms. The van der Waals surface area contributed by atoms with Gasteiger partial charge in [-0.1, -0.05) is 60.7 Å². The van der Waals surface area contributed by atoms with Crippen molar-refractivity contribution >= 4 is 34.5 Å². The Morgan fingerprint density at radius 2 is 1.14 bits per heavy atom. The minimum absolute atomic E-state index is 0.144. The number of carbonyl (C=O) groups is 1. The lowest BCUT2D eigenvalue weighted by Crippen LogP contribution is -2.60. The summed E-state index contributed by atoms with van der Waals surface area (Å²) in [6, 6.07) is 24.6. The fraction of sp³-hybridized carbons (Fsp3) is 0.0909. The molecule has 6 heteroatoms. The molecule has 5 nitrogen and oxygen atoms in total. The van der Waals surface area contributed by atoms with Crippen LogP contribution in [0.1, 0.15) is 15.9 Å². The number of aliphatic hydroxyl groups is 2. The summed E-state index contributed by atoms with van der Waals surface area (Å²) in [5.74, 6) is -0.588. The lowest BCUT2D eigenvalue weighted by molar-refractivity contribution is -0.0981. The highest BCUT2D eigenvalue weighted by Crippen LogP contribution is 2.55. The molecule has 1 aliphatic carbocycles. The van der Waals surface area contributed by atoms with Gasteiger partial charge in [0.1, 0.15) is 0 Å². The largest absolute Gasteiger partial charge is 0.362 e. The smallest absolute Gasteiger partial charge is 0.263 e. The van der Waals surface area contributed by atoms with Gasteiger partial charge in [-0.05, 0) is 36.5 Å². The Morgan fingerprint density at radius 1 is 0.679 bits per heavy atom. The van der Waals surface area contributed by atoms with Crippen molar-refractivity contribution in [1.29, 1.82) is 0 Å². The average molecular weight is 388 g/mol. The molecule has 1 aliphatic heterocycles. The van der Waals surface area contributed by atoms with Crippen LogP contribution < -0.4 is 9.80 Å². The van der Waals surface area contributed by atoms with Crippen molar-refractivity contribution in [3.8, 4) is 0 Å². The van der Waals surface area contributed by atoms with Gasteiger partial charge in [-0.2, -0.15) is 0 Å². The monoisotopic (exact) mass is 388 g/mol. The molecule has 3 aromatic carbocycles. The van der Waals surface area contributed by atoms with Crippen molar-refractivity contribution in [1.82, 2.24) is 0 Å². The van der Waals surface area contributed by atoms with Crippen LogP contribution in [0.15, 0.2) is 84.9 Å². The fourth-order valence-electron chi connectivity index (χ4n) is 4.18. The molecule has 0 unspecified atom stereocenters. The summed E-state index contributed by atoms with van der Waals surface area (Å²) in [5, 5.41) is 23.9. The van der Waals surface area contributed by atoms with E-state index in [-0.39, 0.29) is 10.7 Å². The van der Waals surface area contributed by atoms with Gasteiger partial charge in [0, 0.05) is 22.5 Å². The number of anilines is 2. The van der Waals surface area contributed by atoms with Crippen LogP contribution >= 0.6 is 12.2 Å². The molecule has 2 atom stereocenters. The highest BCUT2D eigenvalue weighted by atomic mass is 32.1. The van der Waals surface area contributed by atoms with E-state index in [2.05, 4.69) is 0 Å². The summed E-state index contributed by atoms with van der Waals surface area (Å²) in [5.41, 5.74) is -2.65. The molecule has 0 saturated carbocycles. The van der Waals surface area contributed by atoms with E-state index in [4.69, 9.17) is 12.2 Å². The number of rotatable bonds is 2. The second-order valence-electron chi connectivity index (χ2n) is 6.84. The van der Waals surface area contributed by atoms with Gasteiger partial charge in [0.15, 0.2) is 5.11 Å². The molecule has 1 saturated heterocycles. The zero-order valence-electron chi connectivity index (χ0n) is 14.7. The SMILES string of the molecule is O=C1c2ccccc2[C@]2(O)N(c3ccccc3)C(=S)N(c3ccccc3)[C@]12O. The average Bonchev–Trinajstić information content (AvgIpc) is 3.02. The lowest BCUT2D eigenvalue weighted by atomic mass is 9.97. The summed E-state index contributed by atoms with van der Waals surface area (Å²) in [4.78, 5) is 16.2. The predicted molar refractivity (Wildman–Crippen MR) is 110 cm³/mol. The first-order chi connectivity index (χ1) is 13.5. The van der Waals surface area contributed by atoms with Crippen molar-refractivity contribution in [2.45, 2.75) is 11.4 Å².